The summed E-state index contributed by atoms with van der Waals surface area (Å²) in [6.45, 7) is 7.96. The van der Waals surface area contributed by atoms with Crippen molar-refractivity contribution in [3.8, 4) is 17.2 Å². The van der Waals surface area contributed by atoms with E-state index >= 15 is 0 Å². The van der Waals surface area contributed by atoms with Crippen LogP contribution in [0.25, 0.3) is 0 Å². The molecule has 0 aliphatic carbocycles. The fourth-order valence-corrected chi connectivity index (χ4v) is 6.17. The first-order chi connectivity index (χ1) is 19.0. The third-order valence-corrected chi connectivity index (χ3v) is 8.48. The molecule has 0 aromatic heterocycles. The molecule has 1 aliphatic heterocycles. The highest BCUT2D eigenvalue weighted by Crippen LogP contribution is 2.42. The second-order valence-electron chi connectivity index (χ2n) is 11.8. The van der Waals surface area contributed by atoms with Crippen LogP contribution in [-0.2, 0) is 4.79 Å². The first-order valence-electron chi connectivity index (χ1n) is 16.1. The van der Waals surface area contributed by atoms with Crippen LogP contribution in [0.4, 0.5) is 0 Å². The van der Waals surface area contributed by atoms with Crippen molar-refractivity contribution in [3.05, 3.63) is 17.7 Å². The normalized spacial score (nSPS) is 16.3. The van der Waals surface area contributed by atoms with E-state index in [1.54, 1.807) is 21.3 Å². The highest BCUT2D eigenvalue weighted by Gasteiger charge is 2.28. The third-order valence-electron chi connectivity index (χ3n) is 8.48. The van der Waals surface area contributed by atoms with Crippen LogP contribution in [0.1, 0.15) is 134 Å². The lowest BCUT2D eigenvalue weighted by Gasteiger charge is -2.30. The number of nitrogens with zero attached hydrogens (tertiary/aromatic N) is 1. The van der Waals surface area contributed by atoms with Gasteiger partial charge in [0.05, 0.1) is 27.2 Å². The smallest absolute Gasteiger partial charge is 0.140 e. The molecule has 6 heteroatoms. The molecule has 1 saturated heterocycles. The lowest BCUT2D eigenvalue weighted by atomic mass is 9.86. The quantitative estimate of drug-likeness (QED) is 0.128. The first-order valence-corrected chi connectivity index (χ1v) is 16.1. The number of ketones is 1. The van der Waals surface area contributed by atoms with Gasteiger partial charge in [0.15, 0.2) is 0 Å². The average Bonchev–Trinajstić information content (AvgIpc) is 2.95. The van der Waals surface area contributed by atoms with Crippen molar-refractivity contribution in [1.82, 2.24) is 4.90 Å². The maximum Gasteiger partial charge on any atom is 0.140 e. The van der Waals surface area contributed by atoms with Crippen molar-refractivity contribution in [2.45, 2.75) is 129 Å². The van der Waals surface area contributed by atoms with Crippen molar-refractivity contribution < 1.29 is 19.0 Å². The molecule has 1 aliphatic rings. The van der Waals surface area contributed by atoms with Crippen LogP contribution in [-0.4, -0.2) is 51.6 Å². The van der Waals surface area contributed by atoms with Gasteiger partial charge in [-0.15, -0.1) is 12.4 Å². The zero-order valence-electron chi connectivity index (χ0n) is 26.4. The lowest BCUT2D eigenvalue weighted by molar-refractivity contribution is -0.121. The Hall–Kier alpha value is -1.46. The molecule has 0 saturated carbocycles. The number of ether oxygens (including phenoxy) is 3. The van der Waals surface area contributed by atoms with Crippen LogP contribution in [0.5, 0.6) is 17.2 Å². The molecule has 2 atom stereocenters. The molecular weight excluding hydrogens is 522 g/mol. The Labute approximate surface area is 252 Å². The molecule has 40 heavy (non-hydrogen) atoms. The van der Waals surface area contributed by atoms with Gasteiger partial charge in [-0.25, -0.2) is 0 Å². The van der Waals surface area contributed by atoms with Crippen LogP contribution in [0.15, 0.2) is 12.1 Å². The monoisotopic (exact) mass is 581 g/mol. The van der Waals surface area contributed by atoms with Gasteiger partial charge in [0.2, 0.25) is 0 Å². The van der Waals surface area contributed by atoms with E-state index in [9.17, 15) is 4.79 Å². The molecule has 1 aromatic carbocycles. The van der Waals surface area contributed by atoms with E-state index < -0.39 is 0 Å². The van der Waals surface area contributed by atoms with E-state index in [4.69, 9.17) is 14.2 Å². The molecule has 232 valence electrons. The molecule has 0 radical (unpaired) electrons. The summed E-state index contributed by atoms with van der Waals surface area (Å²) in [7, 11) is 4.98. The topological polar surface area (TPSA) is 48.0 Å². The minimum absolute atomic E-state index is 0. The number of rotatable bonds is 22. The average molecular weight is 582 g/mol. The largest absolute Gasteiger partial charge is 0.496 e. The highest BCUT2D eigenvalue weighted by molar-refractivity contribution is 5.87. The first kappa shape index (κ1) is 36.6. The van der Waals surface area contributed by atoms with Gasteiger partial charge in [0.25, 0.3) is 0 Å². The molecule has 1 fully saturated rings. The zero-order valence-corrected chi connectivity index (χ0v) is 27.3. The molecule has 2 rings (SSSR count). The maximum atomic E-state index is 13.7. The second-order valence-corrected chi connectivity index (χ2v) is 11.8. The summed E-state index contributed by atoms with van der Waals surface area (Å²) < 4.78 is 17.0. The fourth-order valence-electron chi connectivity index (χ4n) is 6.17. The SMILES string of the molecule is CCCCCCCCCCCCCCC(C(=O)CCCN1CCCC(C)C1)c1c(OC)cc(OC)cc1OC.Cl. The molecule has 1 aromatic rings. The maximum absolute atomic E-state index is 13.7. The summed E-state index contributed by atoms with van der Waals surface area (Å²) in [6.07, 6.45) is 20.7. The molecule has 1 heterocycles. The highest BCUT2D eigenvalue weighted by atomic mass is 35.5. The minimum atomic E-state index is -0.204. The fraction of sp³-hybridized carbons (Fsp3) is 0.794. The molecular formula is C34H60ClNO4. The number of carbonyl (C=O) groups excluding carboxylic acids is 1. The van der Waals surface area contributed by atoms with Gasteiger partial charge in [-0.1, -0.05) is 90.9 Å². The standard InChI is InChI=1S/C34H59NO4.ClH/c1-6-7-8-9-10-11-12-13-14-15-16-17-21-30(31(36)22-19-24-35-23-18-20-28(2)27-35)34-32(38-4)25-29(37-3)26-33(34)39-5;/h25-26,28,30H,6-24,27H2,1-5H3;1H. The van der Waals surface area contributed by atoms with Gasteiger partial charge >= 0.3 is 0 Å². The van der Waals surface area contributed by atoms with Gasteiger partial charge in [-0.3, -0.25) is 4.79 Å². The molecule has 0 bridgehead atoms. The Balaban J connectivity index is 0.00000800. The number of methoxy groups -OCH3 is 3. The summed E-state index contributed by atoms with van der Waals surface area (Å²) in [5.41, 5.74) is 0.889. The molecule has 0 spiro atoms. The van der Waals surface area contributed by atoms with Crippen LogP contribution in [0.3, 0.4) is 0 Å². The molecule has 2 unspecified atom stereocenters. The van der Waals surface area contributed by atoms with Crippen molar-refractivity contribution in [2.24, 2.45) is 5.92 Å². The number of likely N-dealkylation sites (tertiary alicyclic amines) is 1. The summed E-state index contributed by atoms with van der Waals surface area (Å²) in [5, 5.41) is 0. The van der Waals surface area contributed by atoms with E-state index in [0.717, 1.165) is 43.8 Å². The predicted octanol–water partition coefficient (Wildman–Crippen LogP) is 9.39. The number of benzene rings is 1. The van der Waals surface area contributed by atoms with E-state index in [1.165, 1.54) is 90.0 Å². The number of carbonyl (C=O) groups is 1. The van der Waals surface area contributed by atoms with Crippen LogP contribution < -0.4 is 14.2 Å². The number of piperidine rings is 1. The van der Waals surface area contributed by atoms with Crippen molar-refractivity contribution in [1.29, 1.82) is 0 Å². The molecule has 0 amide bonds. The van der Waals surface area contributed by atoms with Gasteiger partial charge < -0.3 is 19.1 Å². The van der Waals surface area contributed by atoms with E-state index in [0.29, 0.717) is 29.5 Å². The number of Topliss-reactive ketones (excluding diaryl/α,β-unsaturated/α-hetero) is 1. The number of halogens is 1. The number of hydrogen-bond acceptors (Lipinski definition) is 5. The van der Waals surface area contributed by atoms with Crippen LogP contribution >= 0.6 is 12.4 Å². The Morgan fingerprint density at radius 1 is 0.850 bits per heavy atom. The minimum Gasteiger partial charge on any atom is -0.496 e. The summed E-state index contributed by atoms with van der Waals surface area (Å²) in [5.74, 6) is 2.93. The Bertz CT molecular complexity index is 777. The number of unbranched alkanes of at least 4 members (excludes halogenated alkanes) is 11. The van der Waals surface area contributed by atoms with Gasteiger partial charge in [0, 0.05) is 30.7 Å². The van der Waals surface area contributed by atoms with Crippen LogP contribution in [0.2, 0.25) is 0 Å². The van der Waals surface area contributed by atoms with Gasteiger partial charge in [-0.2, -0.15) is 0 Å². The van der Waals surface area contributed by atoms with Crippen molar-refractivity contribution in [2.75, 3.05) is 41.0 Å². The summed E-state index contributed by atoms with van der Waals surface area (Å²) in [4.78, 5) is 16.2. The van der Waals surface area contributed by atoms with Crippen molar-refractivity contribution >= 4 is 18.2 Å². The van der Waals surface area contributed by atoms with E-state index in [-0.39, 0.29) is 18.3 Å². The van der Waals surface area contributed by atoms with Crippen LogP contribution in [0, 0.1) is 5.92 Å². The predicted molar refractivity (Wildman–Crippen MR) is 171 cm³/mol. The third kappa shape index (κ3) is 13.5. The van der Waals surface area contributed by atoms with Gasteiger partial charge in [0.1, 0.15) is 23.0 Å². The van der Waals surface area contributed by atoms with Crippen molar-refractivity contribution in [3.63, 3.8) is 0 Å². The Morgan fingerprint density at radius 2 is 1.40 bits per heavy atom. The van der Waals surface area contributed by atoms with Gasteiger partial charge in [-0.05, 0) is 44.7 Å². The molecule has 0 N–H and O–H groups in total. The summed E-state index contributed by atoms with van der Waals surface area (Å²) >= 11 is 0. The Morgan fingerprint density at radius 3 is 1.90 bits per heavy atom. The molecule has 5 nitrogen and oxygen atoms in total. The van der Waals surface area contributed by atoms with E-state index in [1.807, 2.05) is 12.1 Å². The number of hydrogen-bond donors (Lipinski definition) is 0. The second kappa shape index (κ2) is 22.2. The lowest BCUT2D eigenvalue weighted by Crippen LogP contribution is -2.35. The zero-order chi connectivity index (χ0) is 28.3. The Kier molecular flexibility index (Phi) is 20.3. The van der Waals surface area contributed by atoms with E-state index in [2.05, 4.69) is 18.7 Å². The summed E-state index contributed by atoms with van der Waals surface area (Å²) in [6, 6.07) is 3.77.